The first kappa shape index (κ1) is 26.2. The lowest BCUT2D eigenvalue weighted by atomic mass is 9.98. The summed E-state index contributed by atoms with van der Waals surface area (Å²) >= 11 is 0. The normalized spacial score (nSPS) is 15.1. The van der Waals surface area contributed by atoms with E-state index in [9.17, 15) is 22.8 Å². The number of carbonyl (C=O) groups is 3. The molecule has 8 nitrogen and oxygen atoms in total. The highest BCUT2D eigenvalue weighted by Gasteiger charge is 2.21. The Kier molecular flexibility index (Phi) is 7.85. The maximum atomic E-state index is 12.8. The first-order valence-electron chi connectivity index (χ1n) is 12.0. The van der Waals surface area contributed by atoms with Crippen LogP contribution < -0.4 is 10.6 Å². The molecule has 1 heterocycles. The third-order valence-electron chi connectivity index (χ3n) is 6.33. The average molecular weight is 520 g/mol. The summed E-state index contributed by atoms with van der Waals surface area (Å²) in [6.45, 7) is 4.91. The van der Waals surface area contributed by atoms with Crippen molar-refractivity contribution in [3.05, 3.63) is 83.4 Å². The van der Waals surface area contributed by atoms with Gasteiger partial charge in [0.15, 0.2) is 9.84 Å². The molecular weight excluding hydrogens is 490 g/mol. The van der Waals surface area contributed by atoms with E-state index < -0.39 is 21.5 Å². The van der Waals surface area contributed by atoms with Gasteiger partial charge in [0.25, 0.3) is 11.8 Å². The molecule has 1 fully saturated rings. The Balaban J connectivity index is 1.38. The Bertz CT molecular complexity index is 1420. The molecule has 2 N–H and O–H groups in total. The van der Waals surface area contributed by atoms with Gasteiger partial charge in [-0.1, -0.05) is 30.3 Å². The molecule has 0 aliphatic carbocycles. The second-order valence-corrected chi connectivity index (χ2v) is 11.5. The number of nitrogens with zero attached hydrogens (tertiary/aromatic N) is 1. The molecule has 3 aromatic carbocycles. The van der Waals surface area contributed by atoms with E-state index in [0.717, 1.165) is 22.3 Å². The standard InChI is InChI=1S/C28H29N3O5S/c1-19-3-10-25(30-27(33)20(2)32)17-26(19)22-6-8-23(9-7-22)28(34)29-24-11-4-21(5-12-24)18-31-13-15-37(35,36)16-14-31/h3-12,17H,13-16,18H2,1-2H3,(H,29,34)(H,30,33). The number of aryl methyl sites for hydroxylation is 1. The van der Waals surface area contributed by atoms with Gasteiger partial charge in [-0.15, -0.1) is 0 Å². The monoisotopic (exact) mass is 519 g/mol. The molecule has 2 amide bonds. The van der Waals surface area contributed by atoms with Gasteiger partial charge in [0.1, 0.15) is 0 Å². The van der Waals surface area contributed by atoms with Crippen LogP contribution in [-0.2, 0) is 26.0 Å². The number of carbonyl (C=O) groups excluding carboxylic acids is 3. The summed E-state index contributed by atoms with van der Waals surface area (Å²) in [5.41, 5.74) is 5.50. The summed E-state index contributed by atoms with van der Waals surface area (Å²) in [6.07, 6.45) is 0. The SMILES string of the molecule is CC(=O)C(=O)Nc1ccc(C)c(-c2ccc(C(=O)Nc3ccc(CN4CCS(=O)(=O)CC4)cc3)cc2)c1. The maximum absolute atomic E-state index is 12.8. The van der Waals surface area contributed by atoms with Crippen LogP contribution in [0.25, 0.3) is 11.1 Å². The van der Waals surface area contributed by atoms with Crippen LogP contribution in [0.2, 0.25) is 0 Å². The predicted molar refractivity (Wildman–Crippen MR) is 144 cm³/mol. The quantitative estimate of drug-likeness (QED) is 0.461. The van der Waals surface area contributed by atoms with Crippen LogP contribution in [0.3, 0.4) is 0 Å². The van der Waals surface area contributed by atoms with Crippen LogP contribution in [-0.4, -0.2) is 55.5 Å². The Hall–Kier alpha value is -3.82. The number of benzene rings is 3. The van der Waals surface area contributed by atoms with Gasteiger partial charge in [-0.2, -0.15) is 0 Å². The summed E-state index contributed by atoms with van der Waals surface area (Å²) in [7, 11) is -2.90. The number of hydrogen-bond acceptors (Lipinski definition) is 6. The molecule has 1 aliphatic rings. The molecular formula is C28H29N3O5S. The molecule has 0 spiro atoms. The Morgan fingerprint density at radius 2 is 1.46 bits per heavy atom. The lowest BCUT2D eigenvalue weighted by Gasteiger charge is -2.26. The highest BCUT2D eigenvalue weighted by atomic mass is 32.2. The number of Topliss-reactive ketones (excluding diaryl/α,β-unsaturated/α-hetero) is 1. The third-order valence-corrected chi connectivity index (χ3v) is 7.94. The molecule has 0 unspecified atom stereocenters. The second kappa shape index (κ2) is 11.1. The van der Waals surface area contributed by atoms with E-state index in [1.165, 1.54) is 6.92 Å². The van der Waals surface area contributed by atoms with Gasteiger partial charge in [-0.3, -0.25) is 19.3 Å². The summed E-state index contributed by atoms with van der Waals surface area (Å²) < 4.78 is 23.2. The zero-order valence-electron chi connectivity index (χ0n) is 20.8. The van der Waals surface area contributed by atoms with Crippen molar-refractivity contribution in [2.24, 2.45) is 0 Å². The van der Waals surface area contributed by atoms with Crippen molar-refractivity contribution in [2.45, 2.75) is 20.4 Å². The molecule has 1 saturated heterocycles. The minimum atomic E-state index is -2.90. The zero-order valence-corrected chi connectivity index (χ0v) is 21.6. The van der Waals surface area contributed by atoms with E-state index in [2.05, 4.69) is 15.5 Å². The van der Waals surface area contributed by atoms with Gasteiger partial charge >= 0.3 is 0 Å². The third kappa shape index (κ3) is 6.90. The van der Waals surface area contributed by atoms with Gasteiger partial charge in [0.2, 0.25) is 5.78 Å². The first-order chi connectivity index (χ1) is 17.6. The zero-order chi connectivity index (χ0) is 26.6. The summed E-state index contributed by atoms with van der Waals surface area (Å²) in [5.74, 6) is -1.08. The van der Waals surface area contributed by atoms with Crippen molar-refractivity contribution in [2.75, 3.05) is 35.2 Å². The molecule has 0 saturated carbocycles. The molecule has 0 bridgehead atoms. The molecule has 37 heavy (non-hydrogen) atoms. The average Bonchev–Trinajstić information content (AvgIpc) is 2.87. The molecule has 4 rings (SSSR count). The molecule has 3 aromatic rings. The van der Waals surface area contributed by atoms with Crippen LogP contribution in [0, 0.1) is 6.92 Å². The fraction of sp³-hybridized carbons (Fsp3) is 0.250. The number of rotatable bonds is 7. The van der Waals surface area contributed by atoms with E-state index in [1.54, 1.807) is 24.3 Å². The summed E-state index contributed by atoms with van der Waals surface area (Å²) in [5, 5.41) is 5.49. The Morgan fingerprint density at radius 1 is 0.838 bits per heavy atom. The van der Waals surface area contributed by atoms with Crippen LogP contribution in [0.15, 0.2) is 66.7 Å². The van der Waals surface area contributed by atoms with E-state index in [0.29, 0.717) is 36.6 Å². The fourth-order valence-electron chi connectivity index (χ4n) is 4.09. The van der Waals surface area contributed by atoms with Crippen molar-refractivity contribution in [3.8, 4) is 11.1 Å². The van der Waals surface area contributed by atoms with E-state index in [-0.39, 0.29) is 17.4 Å². The van der Waals surface area contributed by atoms with Crippen molar-refractivity contribution in [1.29, 1.82) is 0 Å². The number of anilines is 2. The summed E-state index contributed by atoms with van der Waals surface area (Å²) in [6, 6.07) is 20.1. The van der Waals surface area contributed by atoms with Gasteiger partial charge in [0.05, 0.1) is 11.5 Å². The van der Waals surface area contributed by atoms with E-state index >= 15 is 0 Å². The molecule has 192 valence electrons. The van der Waals surface area contributed by atoms with Gasteiger partial charge < -0.3 is 10.6 Å². The molecule has 0 radical (unpaired) electrons. The van der Waals surface area contributed by atoms with Gasteiger partial charge in [-0.05, 0) is 65.6 Å². The molecule has 0 aromatic heterocycles. The predicted octanol–water partition coefficient (Wildman–Crippen LogP) is 3.67. The van der Waals surface area contributed by atoms with Crippen LogP contribution in [0.1, 0.15) is 28.4 Å². The minimum Gasteiger partial charge on any atom is -0.322 e. The minimum absolute atomic E-state index is 0.196. The number of ketones is 1. The van der Waals surface area contributed by atoms with Gasteiger partial charge in [0, 0.05) is 43.5 Å². The Morgan fingerprint density at radius 3 is 2.08 bits per heavy atom. The number of sulfone groups is 1. The van der Waals surface area contributed by atoms with E-state index in [1.807, 2.05) is 49.4 Å². The summed E-state index contributed by atoms with van der Waals surface area (Å²) in [4.78, 5) is 37.9. The highest BCUT2D eigenvalue weighted by Crippen LogP contribution is 2.27. The molecule has 0 atom stereocenters. The number of amides is 2. The van der Waals surface area contributed by atoms with Crippen molar-refractivity contribution < 1.29 is 22.8 Å². The fourth-order valence-corrected chi connectivity index (χ4v) is 5.37. The smallest absolute Gasteiger partial charge is 0.291 e. The highest BCUT2D eigenvalue weighted by molar-refractivity contribution is 7.91. The van der Waals surface area contributed by atoms with Crippen LogP contribution in [0.4, 0.5) is 11.4 Å². The van der Waals surface area contributed by atoms with Crippen molar-refractivity contribution >= 4 is 38.8 Å². The molecule has 1 aliphatic heterocycles. The number of nitrogens with one attached hydrogen (secondary N) is 2. The van der Waals surface area contributed by atoms with Crippen molar-refractivity contribution in [3.63, 3.8) is 0 Å². The van der Waals surface area contributed by atoms with Crippen LogP contribution in [0.5, 0.6) is 0 Å². The lowest BCUT2D eigenvalue weighted by molar-refractivity contribution is -0.133. The topological polar surface area (TPSA) is 113 Å². The maximum Gasteiger partial charge on any atom is 0.291 e. The van der Waals surface area contributed by atoms with Gasteiger partial charge in [-0.25, -0.2) is 8.42 Å². The second-order valence-electron chi connectivity index (χ2n) is 9.20. The van der Waals surface area contributed by atoms with Crippen molar-refractivity contribution in [1.82, 2.24) is 4.90 Å². The van der Waals surface area contributed by atoms with Crippen LogP contribution >= 0.6 is 0 Å². The number of hydrogen-bond donors (Lipinski definition) is 2. The van der Waals surface area contributed by atoms with E-state index in [4.69, 9.17) is 0 Å². The largest absolute Gasteiger partial charge is 0.322 e. The lowest BCUT2D eigenvalue weighted by Crippen LogP contribution is -2.39. The first-order valence-corrected chi connectivity index (χ1v) is 13.8. The Labute approximate surface area is 216 Å². The molecule has 9 heteroatoms.